The Morgan fingerprint density at radius 1 is 1.11 bits per heavy atom. The Labute approximate surface area is 117 Å². The maximum Gasteiger partial charge on any atom is 0.226 e. The van der Waals surface area contributed by atoms with Crippen molar-refractivity contribution in [3.8, 4) is 0 Å². The monoisotopic (exact) mass is 289 g/mol. The molecule has 2 heterocycles. The lowest BCUT2D eigenvalue weighted by Gasteiger charge is -2.38. The molecule has 0 aromatic rings. The molecule has 19 heavy (non-hydrogen) atoms. The highest BCUT2D eigenvalue weighted by molar-refractivity contribution is 7.89. The third kappa shape index (κ3) is 4.41. The lowest BCUT2D eigenvalue weighted by atomic mass is 10.0. The Bertz CT molecular complexity index is 369. The molecule has 2 aliphatic rings. The molecule has 112 valence electrons. The first kappa shape index (κ1) is 15.2. The Kier molecular flexibility index (Phi) is 5.22. The van der Waals surface area contributed by atoms with Crippen LogP contribution in [0.3, 0.4) is 0 Å². The van der Waals surface area contributed by atoms with Crippen LogP contribution in [0.25, 0.3) is 0 Å². The van der Waals surface area contributed by atoms with Gasteiger partial charge in [0.25, 0.3) is 0 Å². The van der Waals surface area contributed by atoms with Crippen LogP contribution in [0.4, 0.5) is 0 Å². The van der Waals surface area contributed by atoms with Crippen molar-refractivity contribution in [2.24, 2.45) is 0 Å². The Hall–Kier alpha value is -0.170. The quantitative estimate of drug-likeness (QED) is 0.817. The van der Waals surface area contributed by atoms with Gasteiger partial charge in [-0.2, -0.15) is 0 Å². The summed E-state index contributed by atoms with van der Waals surface area (Å²) in [5.41, 5.74) is 0. The van der Waals surface area contributed by atoms with Crippen LogP contribution < -0.4 is 10.1 Å². The lowest BCUT2D eigenvalue weighted by molar-refractivity contribution is 0.0789. The number of nitrogens with one attached hydrogen (secondary N) is 2. The fourth-order valence-corrected chi connectivity index (χ4v) is 4.70. The van der Waals surface area contributed by atoms with Gasteiger partial charge < -0.3 is 5.32 Å². The molecule has 3 atom stereocenters. The van der Waals surface area contributed by atoms with Crippen LogP contribution in [0.15, 0.2) is 0 Å². The van der Waals surface area contributed by atoms with Crippen molar-refractivity contribution >= 4 is 10.0 Å². The van der Waals surface area contributed by atoms with Gasteiger partial charge >= 0.3 is 0 Å². The molecule has 0 amide bonds. The Morgan fingerprint density at radius 3 is 2.37 bits per heavy atom. The smallest absolute Gasteiger partial charge is 0.226 e. The number of rotatable bonds is 4. The van der Waals surface area contributed by atoms with Crippen LogP contribution >= 0.6 is 0 Å². The van der Waals surface area contributed by atoms with Gasteiger partial charge in [-0.15, -0.1) is 4.83 Å². The summed E-state index contributed by atoms with van der Waals surface area (Å²) in [6.45, 7) is 5.13. The van der Waals surface area contributed by atoms with Crippen LogP contribution in [0.5, 0.6) is 0 Å². The van der Waals surface area contributed by atoms with E-state index in [-0.39, 0.29) is 23.9 Å². The average molecular weight is 289 g/mol. The maximum absolute atomic E-state index is 12.3. The van der Waals surface area contributed by atoms with E-state index < -0.39 is 10.0 Å². The molecule has 3 unspecified atom stereocenters. The summed E-state index contributed by atoms with van der Waals surface area (Å²) < 4.78 is 24.5. The molecule has 5 nitrogen and oxygen atoms in total. The number of hydrogen-bond donors (Lipinski definition) is 2. The molecule has 0 aromatic carbocycles. The second-order valence-corrected chi connectivity index (χ2v) is 7.80. The maximum atomic E-state index is 12.3. The molecule has 0 bridgehead atoms. The summed E-state index contributed by atoms with van der Waals surface area (Å²) in [5.74, 6) is 0.197. The van der Waals surface area contributed by atoms with Crippen molar-refractivity contribution in [1.82, 2.24) is 15.2 Å². The molecule has 2 saturated heterocycles. The molecule has 6 heteroatoms. The zero-order valence-electron chi connectivity index (χ0n) is 12.1. The van der Waals surface area contributed by atoms with Crippen molar-refractivity contribution in [3.63, 3.8) is 0 Å². The van der Waals surface area contributed by atoms with Crippen LogP contribution in [0.1, 0.15) is 52.4 Å². The number of hydrazine groups is 1. The van der Waals surface area contributed by atoms with Crippen molar-refractivity contribution in [1.29, 1.82) is 0 Å². The zero-order valence-corrected chi connectivity index (χ0v) is 12.9. The van der Waals surface area contributed by atoms with Crippen LogP contribution in [-0.4, -0.2) is 43.8 Å². The van der Waals surface area contributed by atoms with E-state index in [1.165, 1.54) is 6.42 Å². The van der Waals surface area contributed by atoms with Crippen LogP contribution in [-0.2, 0) is 10.0 Å². The Balaban J connectivity index is 1.91. The fourth-order valence-electron chi connectivity index (χ4n) is 3.13. The van der Waals surface area contributed by atoms with Gasteiger partial charge in [0.05, 0.1) is 5.75 Å². The van der Waals surface area contributed by atoms with Gasteiger partial charge in [0.15, 0.2) is 0 Å². The van der Waals surface area contributed by atoms with Crippen molar-refractivity contribution in [2.45, 2.75) is 70.5 Å². The molecule has 2 rings (SSSR count). The largest absolute Gasteiger partial charge is 0.313 e. The predicted octanol–water partition coefficient (Wildman–Crippen LogP) is 1.23. The van der Waals surface area contributed by atoms with E-state index in [1.807, 2.05) is 5.01 Å². The first-order chi connectivity index (χ1) is 8.98. The van der Waals surface area contributed by atoms with Gasteiger partial charge in [-0.05, 0) is 46.1 Å². The fraction of sp³-hybridized carbons (Fsp3) is 1.00. The standard InChI is InChI=1S/C13H27N3O2S/c1-11-6-5-7-12(2)16(11)15-19(17,18)10-13-8-3-4-9-14-13/h11-15H,3-10H2,1-2H3. The van der Waals surface area contributed by atoms with Gasteiger partial charge in [-0.3, -0.25) is 0 Å². The minimum Gasteiger partial charge on any atom is -0.313 e. The molecule has 0 spiro atoms. The van der Waals surface area contributed by atoms with Gasteiger partial charge in [0, 0.05) is 18.1 Å². The van der Waals surface area contributed by atoms with E-state index >= 15 is 0 Å². The normalized spacial score (nSPS) is 34.3. The first-order valence-corrected chi connectivity index (χ1v) is 9.15. The number of sulfonamides is 1. The molecular formula is C13H27N3O2S. The third-order valence-electron chi connectivity index (χ3n) is 4.27. The molecule has 0 saturated carbocycles. The zero-order chi connectivity index (χ0) is 13.9. The topological polar surface area (TPSA) is 61.4 Å². The third-order valence-corrected chi connectivity index (χ3v) is 5.60. The van der Waals surface area contributed by atoms with Crippen LogP contribution in [0, 0.1) is 0 Å². The average Bonchev–Trinajstić information content (AvgIpc) is 2.35. The van der Waals surface area contributed by atoms with E-state index in [2.05, 4.69) is 24.0 Å². The van der Waals surface area contributed by atoms with E-state index in [9.17, 15) is 8.42 Å². The highest BCUT2D eigenvalue weighted by atomic mass is 32.2. The predicted molar refractivity (Wildman–Crippen MR) is 77.2 cm³/mol. The van der Waals surface area contributed by atoms with Crippen molar-refractivity contribution < 1.29 is 8.42 Å². The summed E-state index contributed by atoms with van der Waals surface area (Å²) in [6.07, 6.45) is 6.56. The molecule has 2 aliphatic heterocycles. The van der Waals surface area contributed by atoms with Crippen molar-refractivity contribution in [2.75, 3.05) is 12.3 Å². The molecular weight excluding hydrogens is 262 g/mol. The van der Waals surface area contributed by atoms with Gasteiger partial charge in [-0.1, -0.05) is 12.8 Å². The second kappa shape index (κ2) is 6.52. The summed E-state index contributed by atoms with van der Waals surface area (Å²) in [7, 11) is -3.23. The molecule has 2 N–H and O–H groups in total. The number of piperidine rings is 2. The highest BCUT2D eigenvalue weighted by Crippen LogP contribution is 2.21. The number of hydrogen-bond acceptors (Lipinski definition) is 4. The van der Waals surface area contributed by atoms with E-state index in [0.29, 0.717) is 0 Å². The van der Waals surface area contributed by atoms with E-state index in [0.717, 1.165) is 38.6 Å². The van der Waals surface area contributed by atoms with Gasteiger partial charge in [0.1, 0.15) is 0 Å². The molecule has 0 aromatic heterocycles. The van der Waals surface area contributed by atoms with Gasteiger partial charge in [0.2, 0.25) is 10.0 Å². The van der Waals surface area contributed by atoms with Crippen LogP contribution in [0.2, 0.25) is 0 Å². The van der Waals surface area contributed by atoms with E-state index in [1.54, 1.807) is 0 Å². The summed E-state index contributed by atoms with van der Waals surface area (Å²) in [5, 5.41) is 5.23. The minimum atomic E-state index is -3.23. The van der Waals surface area contributed by atoms with Gasteiger partial charge in [-0.25, -0.2) is 13.4 Å². The van der Waals surface area contributed by atoms with E-state index in [4.69, 9.17) is 0 Å². The molecule has 0 aliphatic carbocycles. The number of nitrogens with zero attached hydrogens (tertiary/aromatic N) is 1. The Morgan fingerprint density at radius 2 is 1.79 bits per heavy atom. The summed E-state index contributed by atoms with van der Waals surface area (Å²) in [4.78, 5) is 2.81. The molecule has 0 radical (unpaired) electrons. The first-order valence-electron chi connectivity index (χ1n) is 7.50. The lowest BCUT2D eigenvalue weighted by Crippen LogP contribution is -2.56. The van der Waals surface area contributed by atoms with Crippen molar-refractivity contribution in [3.05, 3.63) is 0 Å². The molecule has 2 fully saturated rings. The highest BCUT2D eigenvalue weighted by Gasteiger charge is 2.29. The second-order valence-electron chi connectivity index (χ2n) is 6.06. The minimum absolute atomic E-state index is 0.113. The summed E-state index contributed by atoms with van der Waals surface area (Å²) in [6, 6.07) is 0.692. The SMILES string of the molecule is CC1CCCC(C)N1NS(=O)(=O)CC1CCCCN1. The summed E-state index contributed by atoms with van der Waals surface area (Å²) >= 11 is 0.